The number of aromatic nitrogens is 3. The van der Waals surface area contributed by atoms with Crippen molar-refractivity contribution in [1.29, 1.82) is 0 Å². The van der Waals surface area contributed by atoms with Crippen LogP contribution in [0.5, 0.6) is 0 Å². The Labute approximate surface area is 101 Å². The molecule has 0 radical (unpaired) electrons. The van der Waals surface area contributed by atoms with E-state index in [1.807, 2.05) is 4.98 Å². The number of rotatable bonds is 3. The molecule has 0 amide bonds. The molecule has 6 nitrogen and oxygen atoms in total. The largest absolute Gasteiger partial charge is 0.373 e. The highest BCUT2D eigenvalue weighted by atomic mass is 19.1. The molecule has 0 unspecified atom stereocenters. The minimum Gasteiger partial charge on any atom is -0.373 e. The molecule has 0 aliphatic carbocycles. The van der Waals surface area contributed by atoms with Crippen molar-refractivity contribution >= 4 is 5.82 Å². The van der Waals surface area contributed by atoms with Crippen molar-refractivity contribution in [1.82, 2.24) is 14.5 Å². The number of nitrogens with one attached hydrogen (secondary N) is 2. The van der Waals surface area contributed by atoms with Crippen molar-refractivity contribution in [2.75, 3.05) is 12.4 Å². The normalized spacial score (nSPS) is 10.3. The van der Waals surface area contributed by atoms with Crippen LogP contribution in [-0.4, -0.2) is 21.6 Å². The standard InChI is InChI=1S/C11H11FN4O2/c1-13-9-7(3-2-4-14-9)5-16-6-8(12)10(17)15-11(16)18/h2-4,6H,5H2,1H3,(H,13,14)(H,15,17,18). The summed E-state index contributed by atoms with van der Waals surface area (Å²) in [7, 11) is 1.70. The summed E-state index contributed by atoms with van der Waals surface area (Å²) in [4.78, 5) is 28.4. The zero-order valence-corrected chi connectivity index (χ0v) is 9.61. The van der Waals surface area contributed by atoms with Crippen molar-refractivity contribution < 1.29 is 4.39 Å². The first-order chi connectivity index (χ1) is 8.61. The smallest absolute Gasteiger partial charge is 0.328 e. The van der Waals surface area contributed by atoms with Gasteiger partial charge < -0.3 is 5.32 Å². The van der Waals surface area contributed by atoms with Crippen molar-refractivity contribution in [3.05, 3.63) is 56.7 Å². The maximum Gasteiger partial charge on any atom is 0.328 e. The molecule has 18 heavy (non-hydrogen) atoms. The summed E-state index contributed by atoms with van der Waals surface area (Å²) in [5.74, 6) is -0.402. The Morgan fingerprint density at radius 2 is 2.28 bits per heavy atom. The van der Waals surface area contributed by atoms with Gasteiger partial charge in [0.05, 0.1) is 12.7 Å². The molecule has 0 bridgehead atoms. The molecule has 2 heterocycles. The number of hydrogen-bond donors (Lipinski definition) is 2. The molecule has 2 N–H and O–H groups in total. The van der Waals surface area contributed by atoms with Gasteiger partial charge in [-0.1, -0.05) is 6.07 Å². The maximum atomic E-state index is 13.1. The van der Waals surface area contributed by atoms with Gasteiger partial charge >= 0.3 is 5.69 Å². The molecular weight excluding hydrogens is 239 g/mol. The van der Waals surface area contributed by atoms with Gasteiger partial charge in [-0.2, -0.15) is 4.39 Å². The van der Waals surface area contributed by atoms with E-state index in [0.717, 1.165) is 10.8 Å². The summed E-state index contributed by atoms with van der Waals surface area (Å²) in [6.45, 7) is 0.122. The fourth-order valence-corrected chi connectivity index (χ4v) is 1.57. The molecule has 0 saturated carbocycles. The zero-order valence-electron chi connectivity index (χ0n) is 9.61. The molecule has 2 aromatic rings. The van der Waals surface area contributed by atoms with E-state index in [0.29, 0.717) is 11.4 Å². The molecule has 0 atom stereocenters. The van der Waals surface area contributed by atoms with Gasteiger partial charge in [-0.25, -0.2) is 9.78 Å². The molecule has 94 valence electrons. The van der Waals surface area contributed by atoms with Crippen molar-refractivity contribution in [3.63, 3.8) is 0 Å². The number of aromatic amines is 1. The number of pyridine rings is 1. The Hall–Kier alpha value is -2.44. The topological polar surface area (TPSA) is 79.8 Å². The lowest BCUT2D eigenvalue weighted by atomic mass is 10.2. The van der Waals surface area contributed by atoms with Gasteiger partial charge in [-0.15, -0.1) is 0 Å². The van der Waals surface area contributed by atoms with Crippen molar-refractivity contribution in [2.24, 2.45) is 0 Å². The summed E-state index contributed by atoms with van der Waals surface area (Å²) in [6, 6.07) is 3.47. The number of H-pyrrole nitrogens is 1. The lowest BCUT2D eigenvalue weighted by Gasteiger charge is -2.09. The van der Waals surface area contributed by atoms with Crippen LogP contribution in [0.3, 0.4) is 0 Å². The average Bonchev–Trinajstić information content (AvgIpc) is 2.36. The first kappa shape index (κ1) is 12.0. The summed E-state index contributed by atoms with van der Waals surface area (Å²) >= 11 is 0. The molecule has 0 aliphatic rings. The van der Waals surface area contributed by atoms with E-state index in [1.165, 1.54) is 0 Å². The van der Waals surface area contributed by atoms with Crippen LogP contribution < -0.4 is 16.6 Å². The van der Waals surface area contributed by atoms with Crippen LogP contribution in [0, 0.1) is 5.82 Å². The highest BCUT2D eigenvalue weighted by molar-refractivity contribution is 5.42. The summed E-state index contributed by atoms with van der Waals surface area (Å²) < 4.78 is 14.2. The average molecular weight is 250 g/mol. The van der Waals surface area contributed by atoms with E-state index in [2.05, 4.69) is 10.3 Å². The number of hydrogen-bond acceptors (Lipinski definition) is 4. The molecule has 2 rings (SSSR count). The van der Waals surface area contributed by atoms with Gasteiger partial charge in [-0.05, 0) is 6.07 Å². The van der Waals surface area contributed by atoms with Gasteiger partial charge in [0.1, 0.15) is 5.82 Å². The van der Waals surface area contributed by atoms with Gasteiger partial charge in [0, 0.05) is 18.8 Å². The number of nitrogens with zero attached hydrogens (tertiary/aromatic N) is 2. The van der Waals surface area contributed by atoms with Crippen molar-refractivity contribution in [3.8, 4) is 0 Å². The Morgan fingerprint density at radius 3 is 3.00 bits per heavy atom. The predicted octanol–water partition coefficient (Wildman–Crippen LogP) is 0.161. The molecule has 0 aliphatic heterocycles. The SMILES string of the molecule is CNc1ncccc1Cn1cc(F)c(=O)[nH]c1=O. The van der Waals surface area contributed by atoms with Crippen LogP contribution in [0.4, 0.5) is 10.2 Å². The van der Waals surface area contributed by atoms with Crippen LogP contribution in [0.15, 0.2) is 34.1 Å². The third-order valence-electron chi connectivity index (χ3n) is 2.44. The summed E-state index contributed by atoms with van der Waals surface area (Å²) in [5.41, 5.74) is -0.961. The van der Waals surface area contributed by atoms with Crippen LogP contribution in [0.2, 0.25) is 0 Å². The number of halogens is 1. The molecule has 0 saturated heterocycles. The molecule has 2 aromatic heterocycles. The van der Waals surface area contributed by atoms with Crippen LogP contribution >= 0.6 is 0 Å². The third-order valence-corrected chi connectivity index (χ3v) is 2.44. The van der Waals surface area contributed by atoms with E-state index in [9.17, 15) is 14.0 Å². The highest BCUT2D eigenvalue weighted by Gasteiger charge is 2.07. The Morgan fingerprint density at radius 1 is 1.50 bits per heavy atom. The number of anilines is 1. The maximum absolute atomic E-state index is 13.1. The minimum absolute atomic E-state index is 0.122. The fraction of sp³-hybridized carbons (Fsp3) is 0.182. The Kier molecular flexibility index (Phi) is 3.22. The second-order valence-corrected chi connectivity index (χ2v) is 3.63. The van der Waals surface area contributed by atoms with Crippen molar-refractivity contribution in [2.45, 2.75) is 6.54 Å². The first-order valence-electron chi connectivity index (χ1n) is 5.22. The van der Waals surface area contributed by atoms with Gasteiger partial charge in [0.15, 0.2) is 0 Å². The molecule has 7 heteroatoms. The second-order valence-electron chi connectivity index (χ2n) is 3.63. The minimum atomic E-state index is -1.02. The van der Waals surface area contributed by atoms with Crippen LogP contribution in [0.25, 0.3) is 0 Å². The lowest BCUT2D eigenvalue weighted by Crippen LogP contribution is -2.31. The molecule has 0 aromatic carbocycles. The molecular formula is C11H11FN4O2. The monoisotopic (exact) mass is 250 g/mol. The van der Waals surface area contributed by atoms with Gasteiger partial charge in [0.2, 0.25) is 5.82 Å². The van der Waals surface area contributed by atoms with E-state index in [1.54, 1.807) is 25.4 Å². The quantitative estimate of drug-likeness (QED) is 0.813. The second kappa shape index (κ2) is 4.82. The van der Waals surface area contributed by atoms with E-state index >= 15 is 0 Å². The van der Waals surface area contributed by atoms with Crippen LogP contribution in [-0.2, 0) is 6.54 Å². The summed E-state index contributed by atoms with van der Waals surface area (Å²) in [6.07, 6.45) is 2.49. The van der Waals surface area contributed by atoms with E-state index in [-0.39, 0.29) is 6.54 Å². The van der Waals surface area contributed by atoms with Gasteiger partial charge in [0.25, 0.3) is 5.56 Å². The van der Waals surface area contributed by atoms with E-state index in [4.69, 9.17) is 0 Å². The Bertz CT molecular complexity index is 677. The first-order valence-corrected chi connectivity index (χ1v) is 5.22. The highest BCUT2D eigenvalue weighted by Crippen LogP contribution is 2.11. The summed E-state index contributed by atoms with van der Waals surface area (Å²) in [5, 5.41) is 2.87. The van der Waals surface area contributed by atoms with Crippen LogP contribution in [0.1, 0.15) is 5.56 Å². The molecule has 0 spiro atoms. The fourth-order valence-electron chi connectivity index (χ4n) is 1.57. The lowest BCUT2D eigenvalue weighted by molar-refractivity contribution is 0.566. The van der Waals surface area contributed by atoms with Gasteiger partial charge in [-0.3, -0.25) is 14.3 Å². The Balaban J connectivity index is 2.43. The zero-order chi connectivity index (χ0) is 13.1. The third kappa shape index (κ3) is 2.29. The molecule has 0 fully saturated rings. The predicted molar refractivity (Wildman–Crippen MR) is 64.2 cm³/mol. The van der Waals surface area contributed by atoms with E-state index < -0.39 is 17.1 Å².